The number of hydrogen-bond acceptors (Lipinski definition) is 7. The molecular weight excluding hydrogens is 619 g/mol. The molecule has 0 fully saturated rings. The maximum absolute atomic E-state index is 14.7. The van der Waals surface area contributed by atoms with Crippen LogP contribution in [-0.2, 0) is 21.4 Å². The van der Waals surface area contributed by atoms with Crippen LogP contribution in [0, 0.1) is 5.82 Å². The van der Waals surface area contributed by atoms with Gasteiger partial charge in [0.1, 0.15) is 11.5 Å². The number of halogens is 1. The van der Waals surface area contributed by atoms with E-state index in [0.29, 0.717) is 61.6 Å². The highest BCUT2D eigenvalue weighted by Crippen LogP contribution is 2.34. The van der Waals surface area contributed by atoms with Crippen LogP contribution in [0.4, 0.5) is 4.39 Å². The zero-order valence-corrected chi connectivity index (χ0v) is 25.7. The van der Waals surface area contributed by atoms with E-state index in [4.69, 9.17) is 10.7 Å². The summed E-state index contributed by atoms with van der Waals surface area (Å²) in [7, 11) is -3.46. The van der Waals surface area contributed by atoms with Gasteiger partial charge in [0.05, 0.1) is 40.6 Å². The zero-order valence-electron chi connectivity index (χ0n) is 24.9. The summed E-state index contributed by atoms with van der Waals surface area (Å²) in [5, 5.41) is 8.28. The first kappa shape index (κ1) is 29.9. The molecule has 7 aromatic rings. The molecule has 0 saturated heterocycles. The Kier molecular flexibility index (Phi) is 7.54. The lowest BCUT2D eigenvalue weighted by Gasteiger charge is -2.15. The molecule has 11 nitrogen and oxygen atoms in total. The average Bonchev–Trinajstić information content (AvgIpc) is 3.68. The van der Waals surface area contributed by atoms with Crippen LogP contribution in [0.1, 0.15) is 22.6 Å². The molecular formula is C34H27FN8O3S. The fraction of sp³-hybridized carbons (Fsp3) is 0.0882. The van der Waals surface area contributed by atoms with Crippen molar-refractivity contribution in [2.45, 2.75) is 12.5 Å². The van der Waals surface area contributed by atoms with E-state index >= 15 is 0 Å². The number of sulfonamides is 1. The van der Waals surface area contributed by atoms with Gasteiger partial charge in [-0.25, -0.2) is 22.5 Å². The first-order chi connectivity index (χ1) is 22.6. The van der Waals surface area contributed by atoms with Crippen molar-refractivity contribution in [2.24, 2.45) is 5.73 Å². The summed E-state index contributed by atoms with van der Waals surface area (Å²) < 4.78 is 40.3. The van der Waals surface area contributed by atoms with Crippen molar-refractivity contribution in [1.29, 1.82) is 0 Å². The molecule has 47 heavy (non-hydrogen) atoms. The maximum atomic E-state index is 14.7. The van der Waals surface area contributed by atoms with Gasteiger partial charge in [-0.05, 0) is 58.7 Å². The van der Waals surface area contributed by atoms with Crippen LogP contribution in [0.25, 0.3) is 55.8 Å². The van der Waals surface area contributed by atoms with Crippen molar-refractivity contribution in [3.8, 4) is 33.9 Å². The van der Waals surface area contributed by atoms with Crippen molar-refractivity contribution < 1.29 is 17.6 Å². The van der Waals surface area contributed by atoms with Gasteiger partial charge in [0.15, 0.2) is 5.82 Å². The number of hydrogen-bond donors (Lipinski definition) is 4. The summed E-state index contributed by atoms with van der Waals surface area (Å²) >= 11 is 0. The second-order valence-electron chi connectivity index (χ2n) is 11.2. The topological polar surface area (TPSA) is 172 Å². The number of para-hydroxylation sites is 1. The van der Waals surface area contributed by atoms with Crippen LogP contribution in [0.5, 0.6) is 0 Å². The van der Waals surface area contributed by atoms with Crippen molar-refractivity contribution >= 4 is 37.9 Å². The van der Waals surface area contributed by atoms with Crippen molar-refractivity contribution in [2.75, 3.05) is 6.26 Å². The SMILES string of the molecule is CS(=O)(=O)NCc1cc(F)cc(-c2cccc3[nH]c(-c4n[nH]c5cnc(-c6cncc(C(C(N)=O)c7ccccc7)c6)cc45)nc23)c1. The lowest BCUT2D eigenvalue weighted by atomic mass is 9.91. The minimum Gasteiger partial charge on any atom is -0.369 e. The molecule has 0 saturated carbocycles. The zero-order chi connectivity index (χ0) is 32.7. The van der Waals surface area contributed by atoms with Gasteiger partial charge in [-0.2, -0.15) is 5.10 Å². The van der Waals surface area contributed by atoms with Gasteiger partial charge in [-0.15, -0.1) is 0 Å². The standard InChI is InChI=1S/C34H27FN8O3S/c1-47(45,46)39-15-19-10-21(13-24(35)11-19)25-8-5-9-27-31(25)41-34(40-27)32-26-14-28(38-18-29(26)42-43-32)22-12-23(17-37-16-22)30(33(36)44)20-6-3-2-4-7-20/h2-14,16-18,30,39H,15H2,1H3,(H2,36,44)(H,40,41)(H,42,43). The summed E-state index contributed by atoms with van der Waals surface area (Å²) in [4.78, 5) is 29.7. The summed E-state index contributed by atoms with van der Waals surface area (Å²) in [6, 6.07) is 23.0. The van der Waals surface area contributed by atoms with Gasteiger partial charge in [-0.3, -0.25) is 19.9 Å². The summed E-state index contributed by atoms with van der Waals surface area (Å²) in [5.41, 5.74) is 12.7. The Balaban J connectivity index is 1.27. The minimum atomic E-state index is -3.46. The number of nitrogens with two attached hydrogens (primary N) is 1. The Morgan fingerprint density at radius 2 is 1.77 bits per heavy atom. The molecule has 0 bridgehead atoms. The van der Waals surface area contributed by atoms with Gasteiger partial charge in [-0.1, -0.05) is 42.5 Å². The Labute approximate surface area is 268 Å². The van der Waals surface area contributed by atoms with E-state index in [1.807, 2.05) is 60.7 Å². The van der Waals surface area contributed by atoms with Crippen molar-refractivity contribution in [3.63, 3.8) is 0 Å². The molecule has 234 valence electrons. The number of aromatic amines is 2. The molecule has 0 aliphatic heterocycles. The van der Waals surface area contributed by atoms with Gasteiger partial charge >= 0.3 is 0 Å². The highest BCUT2D eigenvalue weighted by molar-refractivity contribution is 7.88. The third-order valence-electron chi connectivity index (χ3n) is 7.80. The molecule has 13 heteroatoms. The van der Waals surface area contributed by atoms with E-state index in [2.05, 4.69) is 29.9 Å². The van der Waals surface area contributed by atoms with Gasteiger partial charge in [0, 0.05) is 35.5 Å². The number of nitrogens with zero attached hydrogens (tertiary/aromatic N) is 4. The number of fused-ring (bicyclic) bond motifs is 2. The highest BCUT2D eigenvalue weighted by atomic mass is 32.2. The third-order valence-corrected chi connectivity index (χ3v) is 8.47. The number of H-pyrrole nitrogens is 2. The number of carbonyl (C=O) groups excluding carboxylic acids is 1. The third kappa shape index (κ3) is 6.09. The lowest BCUT2D eigenvalue weighted by molar-refractivity contribution is -0.118. The number of aromatic nitrogens is 6. The predicted octanol–water partition coefficient (Wildman–Crippen LogP) is 5.04. The fourth-order valence-electron chi connectivity index (χ4n) is 5.68. The molecule has 1 unspecified atom stereocenters. The quantitative estimate of drug-likeness (QED) is 0.170. The van der Waals surface area contributed by atoms with Crippen LogP contribution in [0.3, 0.4) is 0 Å². The first-order valence-electron chi connectivity index (χ1n) is 14.5. The maximum Gasteiger partial charge on any atom is 0.229 e. The number of nitrogens with one attached hydrogen (secondary N) is 3. The molecule has 4 aromatic heterocycles. The molecule has 4 heterocycles. The Morgan fingerprint density at radius 1 is 0.936 bits per heavy atom. The molecule has 0 radical (unpaired) electrons. The lowest BCUT2D eigenvalue weighted by Crippen LogP contribution is -2.22. The molecule has 0 spiro atoms. The molecule has 0 aliphatic rings. The Bertz CT molecular complexity index is 2410. The van der Waals surface area contributed by atoms with Crippen LogP contribution in [0.15, 0.2) is 97.5 Å². The Morgan fingerprint density at radius 3 is 2.55 bits per heavy atom. The van der Waals surface area contributed by atoms with Crippen molar-refractivity contribution in [3.05, 3.63) is 120 Å². The average molecular weight is 647 g/mol. The molecule has 5 N–H and O–H groups in total. The number of imidazole rings is 1. The van der Waals surface area contributed by atoms with E-state index in [0.717, 1.165) is 17.2 Å². The number of rotatable bonds is 9. The largest absolute Gasteiger partial charge is 0.369 e. The second kappa shape index (κ2) is 11.9. The second-order valence-corrected chi connectivity index (χ2v) is 13.0. The molecule has 7 rings (SSSR count). The van der Waals surface area contributed by atoms with Crippen LogP contribution in [0.2, 0.25) is 0 Å². The Hall–Kier alpha value is -5.79. The van der Waals surface area contributed by atoms with E-state index in [-0.39, 0.29) is 6.54 Å². The summed E-state index contributed by atoms with van der Waals surface area (Å²) in [6.45, 7) is -0.0467. The molecule has 3 aromatic carbocycles. The predicted molar refractivity (Wildman–Crippen MR) is 177 cm³/mol. The number of carbonyl (C=O) groups is 1. The van der Waals surface area contributed by atoms with E-state index < -0.39 is 27.7 Å². The summed E-state index contributed by atoms with van der Waals surface area (Å²) in [5.74, 6) is -1.17. The monoisotopic (exact) mass is 646 g/mol. The normalized spacial score (nSPS) is 12.5. The fourth-order valence-corrected chi connectivity index (χ4v) is 6.11. The van der Waals surface area contributed by atoms with Gasteiger partial charge in [0.25, 0.3) is 0 Å². The molecule has 1 atom stereocenters. The van der Waals surface area contributed by atoms with E-state index in [1.165, 1.54) is 12.1 Å². The van der Waals surface area contributed by atoms with Crippen molar-refractivity contribution in [1.82, 2.24) is 34.9 Å². The number of amides is 1. The smallest absolute Gasteiger partial charge is 0.229 e. The highest BCUT2D eigenvalue weighted by Gasteiger charge is 2.22. The number of primary amides is 1. The van der Waals surface area contributed by atoms with Crippen LogP contribution >= 0.6 is 0 Å². The summed E-state index contributed by atoms with van der Waals surface area (Å²) in [6.07, 6.45) is 6.02. The molecule has 0 aliphatic carbocycles. The molecule has 1 amide bonds. The number of pyridine rings is 2. The van der Waals surface area contributed by atoms with Crippen LogP contribution in [-0.4, -0.2) is 50.7 Å². The first-order valence-corrected chi connectivity index (χ1v) is 16.4. The van der Waals surface area contributed by atoms with Gasteiger partial charge < -0.3 is 10.7 Å². The van der Waals surface area contributed by atoms with Gasteiger partial charge in [0.2, 0.25) is 15.9 Å². The minimum absolute atomic E-state index is 0.0467. The van der Waals surface area contributed by atoms with E-state index in [9.17, 15) is 17.6 Å². The number of benzene rings is 3. The van der Waals surface area contributed by atoms with Crippen LogP contribution < -0.4 is 10.5 Å². The van der Waals surface area contributed by atoms with E-state index in [1.54, 1.807) is 24.7 Å².